The van der Waals surface area contributed by atoms with Crippen LogP contribution in [0.4, 0.5) is 0 Å². The SMILES string of the molecule is OC(COc1ccc(Br)cc1)Cn1cc(Cl)cn1. The summed E-state index contributed by atoms with van der Waals surface area (Å²) in [6, 6.07) is 7.44. The van der Waals surface area contributed by atoms with E-state index in [0.717, 1.165) is 10.2 Å². The van der Waals surface area contributed by atoms with E-state index in [9.17, 15) is 5.11 Å². The van der Waals surface area contributed by atoms with E-state index in [1.807, 2.05) is 24.3 Å². The van der Waals surface area contributed by atoms with Crippen molar-refractivity contribution in [2.24, 2.45) is 0 Å². The van der Waals surface area contributed by atoms with Gasteiger partial charge >= 0.3 is 0 Å². The van der Waals surface area contributed by atoms with Gasteiger partial charge in [-0.05, 0) is 24.3 Å². The van der Waals surface area contributed by atoms with Crippen LogP contribution in [0.1, 0.15) is 0 Å². The van der Waals surface area contributed by atoms with E-state index in [0.29, 0.717) is 11.6 Å². The van der Waals surface area contributed by atoms with E-state index in [1.165, 1.54) is 6.20 Å². The highest BCUT2D eigenvalue weighted by Crippen LogP contribution is 2.16. The molecule has 96 valence electrons. The van der Waals surface area contributed by atoms with E-state index in [2.05, 4.69) is 21.0 Å². The maximum absolute atomic E-state index is 9.79. The molecule has 0 aliphatic carbocycles. The minimum atomic E-state index is -0.635. The number of aromatic nitrogens is 2. The number of rotatable bonds is 5. The molecular formula is C12H12BrClN2O2. The standard InChI is InChI=1S/C12H12BrClN2O2/c13-9-1-3-12(4-2-9)18-8-11(17)7-16-6-10(14)5-15-16/h1-6,11,17H,7-8H2. The average molecular weight is 332 g/mol. The first-order valence-corrected chi connectivity index (χ1v) is 6.55. The second-order valence-electron chi connectivity index (χ2n) is 3.80. The highest BCUT2D eigenvalue weighted by molar-refractivity contribution is 9.10. The lowest BCUT2D eigenvalue weighted by molar-refractivity contribution is 0.0893. The van der Waals surface area contributed by atoms with Gasteiger partial charge in [-0.1, -0.05) is 27.5 Å². The van der Waals surface area contributed by atoms with Crippen LogP contribution in [0.5, 0.6) is 5.75 Å². The van der Waals surface area contributed by atoms with Gasteiger partial charge in [-0.15, -0.1) is 0 Å². The van der Waals surface area contributed by atoms with Gasteiger partial charge in [0.2, 0.25) is 0 Å². The zero-order valence-corrected chi connectivity index (χ0v) is 11.8. The maximum atomic E-state index is 9.79. The summed E-state index contributed by atoms with van der Waals surface area (Å²) >= 11 is 9.07. The molecule has 0 spiro atoms. The molecule has 6 heteroatoms. The van der Waals surface area contributed by atoms with Crippen LogP contribution in [0.3, 0.4) is 0 Å². The number of benzene rings is 1. The molecule has 0 aliphatic rings. The van der Waals surface area contributed by atoms with Crippen LogP contribution in [0.2, 0.25) is 5.02 Å². The summed E-state index contributed by atoms with van der Waals surface area (Å²) in [6.45, 7) is 0.558. The first kappa shape index (κ1) is 13.4. The Labute approximate surface area is 118 Å². The van der Waals surface area contributed by atoms with Crippen molar-refractivity contribution in [2.75, 3.05) is 6.61 Å². The van der Waals surface area contributed by atoms with Crippen molar-refractivity contribution in [1.29, 1.82) is 0 Å². The summed E-state index contributed by atoms with van der Waals surface area (Å²) < 4.78 is 8.03. The Hall–Kier alpha value is -1.04. The van der Waals surface area contributed by atoms with Crippen molar-refractivity contribution in [1.82, 2.24) is 9.78 Å². The second kappa shape index (κ2) is 6.22. The Bertz CT molecular complexity index is 501. The second-order valence-corrected chi connectivity index (χ2v) is 5.15. The molecule has 18 heavy (non-hydrogen) atoms. The Kier molecular flexibility index (Phi) is 4.63. The van der Waals surface area contributed by atoms with Crippen LogP contribution in [0.15, 0.2) is 41.1 Å². The third-order valence-corrected chi connectivity index (χ3v) is 2.98. The van der Waals surface area contributed by atoms with Crippen LogP contribution in [-0.4, -0.2) is 27.6 Å². The van der Waals surface area contributed by atoms with Crippen LogP contribution in [0, 0.1) is 0 Å². The number of halogens is 2. The molecule has 2 aromatic rings. The van der Waals surface area contributed by atoms with Gasteiger partial charge in [-0.25, -0.2) is 0 Å². The molecule has 1 atom stereocenters. The topological polar surface area (TPSA) is 47.3 Å². The Morgan fingerprint density at radius 1 is 1.39 bits per heavy atom. The highest BCUT2D eigenvalue weighted by Gasteiger charge is 2.07. The van der Waals surface area contributed by atoms with Crippen molar-refractivity contribution in [3.8, 4) is 5.75 Å². The van der Waals surface area contributed by atoms with Crippen LogP contribution in [0.25, 0.3) is 0 Å². The van der Waals surface area contributed by atoms with Crippen molar-refractivity contribution >= 4 is 27.5 Å². The van der Waals surface area contributed by atoms with Gasteiger partial charge in [0.25, 0.3) is 0 Å². The molecule has 1 aromatic heterocycles. The molecule has 0 saturated heterocycles. The van der Waals surface area contributed by atoms with E-state index < -0.39 is 6.10 Å². The lowest BCUT2D eigenvalue weighted by Gasteiger charge is -2.12. The van der Waals surface area contributed by atoms with E-state index in [1.54, 1.807) is 10.9 Å². The quantitative estimate of drug-likeness (QED) is 0.916. The monoisotopic (exact) mass is 330 g/mol. The first-order chi connectivity index (χ1) is 8.63. The third kappa shape index (κ3) is 4.01. The average Bonchev–Trinajstić information content (AvgIpc) is 2.74. The minimum absolute atomic E-state index is 0.207. The molecule has 1 unspecified atom stereocenters. The number of nitrogens with zero attached hydrogens (tertiary/aromatic N) is 2. The fourth-order valence-electron chi connectivity index (χ4n) is 1.43. The van der Waals surface area contributed by atoms with E-state index >= 15 is 0 Å². The molecule has 1 N–H and O–H groups in total. The molecule has 0 saturated carbocycles. The molecule has 0 fully saturated rings. The summed E-state index contributed by atoms with van der Waals surface area (Å²) in [5, 5.41) is 14.3. The zero-order valence-electron chi connectivity index (χ0n) is 9.46. The van der Waals surface area contributed by atoms with Gasteiger partial charge in [0, 0.05) is 10.7 Å². The molecule has 0 bridgehead atoms. The van der Waals surface area contributed by atoms with Crippen molar-refractivity contribution < 1.29 is 9.84 Å². The third-order valence-electron chi connectivity index (χ3n) is 2.26. The van der Waals surface area contributed by atoms with Crippen LogP contribution < -0.4 is 4.74 Å². The number of hydrogen-bond acceptors (Lipinski definition) is 3. The van der Waals surface area contributed by atoms with Gasteiger partial charge < -0.3 is 9.84 Å². The molecular weight excluding hydrogens is 320 g/mol. The molecule has 4 nitrogen and oxygen atoms in total. The molecule has 1 aromatic carbocycles. The van der Waals surface area contributed by atoms with Crippen LogP contribution in [-0.2, 0) is 6.54 Å². The van der Waals surface area contributed by atoms with Crippen molar-refractivity contribution in [3.63, 3.8) is 0 Å². The van der Waals surface area contributed by atoms with Crippen LogP contribution >= 0.6 is 27.5 Å². The minimum Gasteiger partial charge on any atom is -0.491 e. The summed E-state index contributed by atoms with van der Waals surface area (Å²) in [6.07, 6.45) is 2.55. The first-order valence-electron chi connectivity index (χ1n) is 5.38. The number of ether oxygens (including phenoxy) is 1. The fraction of sp³-hybridized carbons (Fsp3) is 0.250. The largest absolute Gasteiger partial charge is 0.491 e. The van der Waals surface area contributed by atoms with E-state index in [4.69, 9.17) is 16.3 Å². The normalized spacial score (nSPS) is 12.4. The molecule has 0 radical (unpaired) electrons. The molecule has 0 amide bonds. The fourth-order valence-corrected chi connectivity index (χ4v) is 1.85. The van der Waals surface area contributed by atoms with E-state index in [-0.39, 0.29) is 6.61 Å². The summed E-state index contributed by atoms with van der Waals surface area (Å²) in [7, 11) is 0. The van der Waals surface area contributed by atoms with Crippen molar-refractivity contribution in [3.05, 3.63) is 46.2 Å². The number of aliphatic hydroxyl groups is 1. The lowest BCUT2D eigenvalue weighted by Crippen LogP contribution is -2.23. The Balaban J connectivity index is 1.81. The van der Waals surface area contributed by atoms with Crippen molar-refractivity contribution in [2.45, 2.75) is 12.6 Å². The molecule has 0 aliphatic heterocycles. The van der Waals surface area contributed by atoms with Gasteiger partial charge in [-0.2, -0.15) is 5.10 Å². The van der Waals surface area contributed by atoms with Gasteiger partial charge in [-0.3, -0.25) is 4.68 Å². The summed E-state index contributed by atoms with van der Waals surface area (Å²) in [5.41, 5.74) is 0. The van der Waals surface area contributed by atoms with Gasteiger partial charge in [0.1, 0.15) is 18.5 Å². The molecule has 1 heterocycles. The number of hydrogen-bond donors (Lipinski definition) is 1. The zero-order chi connectivity index (χ0) is 13.0. The smallest absolute Gasteiger partial charge is 0.119 e. The highest BCUT2D eigenvalue weighted by atomic mass is 79.9. The van der Waals surface area contributed by atoms with Gasteiger partial charge in [0.05, 0.1) is 17.8 Å². The lowest BCUT2D eigenvalue weighted by atomic mass is 10.3. The Morgan fingerprint density at radius 2 is 2.11 bits per heavy atom. The summed E-state index contributed by atoms with van der Waals surface area (Å²) in [4.78, 5) is 0. The molecule has 2 rings (SSSR count). The number of aliphatic hydroxyl groups excluding tert-OH is 1. The van der Waals surface area contributed by atoms with Gasteiger partial charge in [0.15, 0.2) is 0 Å². The predicted molar refractivity (Wildman–Crippen MR) is 72.9 cm³/mol. The predicted octanol–water partition coefficient (Wildman–Crippen LogP) is 2.74. The summed E-state index contributed by atoms with van der Waals surface area (Å²) in [5.74, 6) is 0.718. The Morgan fingerprint density at radius 3 is 2.72 bits per heavy atom. The maximum Gasteiger partial charge on any atom is 0.119 e.